The van der Waals surface area contributed by atoms with Crippen molar-refractivity contribution in [3.63, 3.8) is 0 Å². The Bertz CT molecular complexity index is 667. The highest BCUT2D eigenvalue weighted by Crippen LogP contribution is 2.60. The summed E-state index contributed by atoms with van der Waals surface area (Å²) < 4.78 is 6.16. The van der Waals surface area contributed by atoms with E-state index >= 15 is 0 Å². The lowest BCUT2D eigenvalue weighted by molar-refractivity contribution is -0.0170. The molecular weight excluding hydrogens is 262 g/mol. The van der Waals surface area contributed by atoms with E-state index in [2.05, 4.69) is 0 Å². The maximum absolute atomic E-state index is 9.28. The largest absolute Gasteiger partial charge is 0.440 e. The summed E-state index contributed by atoms with van der Waals surface area (Å²) in [6.07, 6.45) is 8.15. The first-order valence-electron chi connectivity index (χ1n) is 8.25. The minimum atomic E-state index is 0.0650. The molecule has 4 saturated carbocycles. The molecule has 6 rings (SSSR count). The quantitative estimate of drug-likeness (QED) is 0.912. The van der Waals surface area contributed by atoms with Crippen molar-refractivity contribution in [2.45, 2.75) is 50.5 Å². The third-order valence-corrected chi connectivity index (χ3v) is 6.13. The summed E-state index contributed by atoms with van der Waals surface area (Å²) in [7, 11) is 0. The fraction of sp³-hybridized carbons (Fsp3) is 0.611. The number of aromatic nitrogens is 1. The van der Waals surface area contributed by atoms with E-state index < -0.39 is 0 Å². The number of hydrogen-bond donors (Lipinski definition) is 1. The van der Waals surface area contributed by atoms with Crippen LogP contribution >= 0.6 is 0 Å². The average Bonchev–Trinajstić information content (AvgIpc) is 2.89. The zero-order chi connectivity index (χ0) is 14.0. The summed E-state index contributed by atoms with van der Waals surface area (Å²) in [5.41, 5.74) is 2.91. The zero-order valence-electron chi connectivity index (χ0n) is 12.2. The number of benzene rings is 1. The van der Waals surface area contributed by atoms with Gasteiger partial charge >= 0.3 is 0 Å². The van der Waals surface area contributed by atoms with Crippen LogP contribution in [0.5, 0.6) is 0 Å². The second-order valence-corrected chi connectivity index (χ2v) is 7.68. The van der Waals surface area contributed by atoms with Gasteiger partial charge in [0.1, 0.15) is 5.52 Å². The smallest absolute Gasteiger partial charge is 0.201 e. The van der Waals surface area contributed by atoms with Gasteiger partial charge < -0.3 is 9.52 Å². The molecular formula is C18H21NO2. The molecule has 0 atom stereocenters. The fourth-order valence-corrected chi connectivity index (χ4v) is 5.67. The molecule has 0 unspecified atom stereocenters. The van der Waals surface area contributed by atoms with Crippen LogP contribution in [0.4, 0.5) is 0 Å². The Morgan fingerprint density at radius 2 is 1.76 bits per heavy atom. The SMILES string of the molecule is OCc1ccc2oc(C34CC5CC(CC(C5)C3)C4)nc2c1. The molecule has 1 aromatic heterocycles. The lowest BCUT2D eigenvalue weighted by atomic mass is 9.49. The lowest BCUT2D eigenvalue weighted by Gasteiger charge is -2.55. The predicted molar refractivity (Wildman–Crippen MR) is 79.8 cm³/mol. The molecule has 1 aromatic carbocycles. The number of rotatable bonds is 2. The van der Waals surface area contributed by atoms with E-state index in [9.17, 15) is 5.11 Å². The number of nitrogens with zero attached hydrogens (tertiary/aromatic N) is 1. The first-order valence-corrected chi connectivity index (χ1v) is 8.25. The molecule has 3 nitrogen and oxygen atoms in total. The molecule has 4 aliphatic rings. The highest BCUT2D eigenvalue weighted by Gasteiger charge is 2.54. The van der Waals surface area contributed by atoms with Crippen LogP contribution < -0.4 is 0 Å². The summed E-state index contributed by atoms with van der Waals surface area (Å²) in [4.78, 5) is 4.83. The molecule has 1 N–H and O–H groups in total. The Balaban J connectivity index is 1.60. The molecule has 0 aliphatic heterocycles. The lowest BCUT2D eigenvalue weighted by Crippen LogP contribution is -2.48. The normalized spacial score (nSPS) is 37.5. The molecule has 0 radical (unpaired) electrons. The third-order valence-electron chi connectivity index (χ3n) is 6.13. The Morgan fingerprint density at radius 3 is 2.38 bits per heavy atom. The number of oxazole rings is 1. The van der Waals surface area contributed by atoms with E-state index in [1.807, 2.05) is 18.2 Å². The predicted octanol–water partition coefficient (Wildman–Crippen LogP) is 3.79. The van der Waals surface area contributed by atoms with Crippen LogP contribution in [0, 0.1) is 17.8 Å². The first-order chi connectivity index (χ1) is 10.2. The van der Waals surface area contributed by atoms with Crippen LogP contribution in [0.1, 0.15) is 50.0 Å². The van der Waals surface area contributed by atoms with Gasteiger partial charge in [0.2, 0.25) is 5.89 Å². The van der Waals surface area contributed by atoms with Gasteiger partial charge in [0, 0.05) is 5.41 Å². The Labute approximate surface area is 124 Å². The van der Waals surface area contributed by atoms with Gasteiger partial charge in [-0.3, -0.25) is 0 Å². The van der Waals surface area contributed by atoms with Crippen molar-refractivity contribution in [1.29, 1.82) is 0 Å². The van der Waals surface area contributed by atoms with Crippen LogP contribution in [0.2, 0.25) is 0 Å². The number of hydrogen-bond acceptors (Lipinski definition) is 3. The van der Waals surface area contributed by atoms with Gasteiger partial charge in [0.25, 0.3) is 0 Å². The summed E-state index contributed by atoms with van der Waals surface area (Å²) >= 11 is 0. The zero-order valence-corrected chi connectivity index (χ0v) is 12.2. The molecule has 110 valence electrons. The van der Waals surface area contributed by atoms with Crippen LogP contribution in [-0.4, -0.2) is 10.1 Å². The average molecular weight is 283 g/mol. The van der Waals surface area contributed by atoms with E-state index in [-0.39, 0.29) is 12.0 Å². The number of fused-ring (bicyclic) bond motifs is 1. The molecule has 4 fully saturated rings. The van der Waals surface area contributed by atoms with Crippen molar-refractivity contribution in [2.75, 3.05) is 0 Å². The second kappa shape index (κ2) is 4.10. The molecule has 0 saturated heterocycles. The minimum Gasteiger partial charge on any atom is -0.440 e. The molecule has 4 bridgehead atoms. The molecule has 0 amide bonds. The van der Waals surface area contributed by atoms with E-state index in [0.717, 1.165) is 40.3 Å². The van der Waals surface area contributed by atoms with Crippen molar-refractivity contribution < 1.29 is 9.52 Å². The van der Waals surface area contributed by atoms with Gasteiger partial charge in [-0.25, -0.2) is 4.98 Å². The second-order valence-electron chi connectivity index (χ2n) is 7.68. The molecule has 21 heavy (non-hydrogen) atoms. The van der Waals surface area contributed by atoms with Gasteiger partial charge in [0.15, 0.2) is 5.58 Å². The molecule has 3 heteroatoms. The van der Waals surface area contributed by atoms with E-state index in [4.69, 9.17) is 9.40 Å². The van der Waals surface area contributed by atoms with Gasteiger partial charge in [-0.15, -0.1) is 0 Å². The van der Waals surface area contributed by atoms with Crippen molar-refractivity contribution in [1.82, 2.24) is 4.98 Å². The van der Waals surface area contributed by atoms with Crippen LogP contribution in [0.25, 0.3) is 11.1 Å². The molecule has 2 aromatic rings. The Morgan fingerprint density at radius 1 is 1.10 bits per heavy atom. The summed E-state index contributed by atoms with van der Waals surface area (Å²) in [5.74, 6) is 3.68. The van der Waals surface area contributed by atoms with E-state index in [1.165, 1.54) is 38.5 Å². The van der Waals surface area contributed by atoms with Gasteiger partial charge in [-0.1, -0.05) is 6.07 Å². The monoisotopic (exact) mass is 283 g/mol. The summed E-state index contributed by atoms with van der Waals surface area (Å²) in [5, 5.41) is 9.28. The van der Waals surface area contributed by atoms with Gasteiger partial charge in [-0.2, -0.15) is 0 Å². The number of aliphatic hydroxyl groups excluding tert-OH is 1. The van der Waals surface area contributed by atoms with Crippen LogP contribution in [-0.2, 0) is 12.0 Å². The first kappa shape index (κ1) is 12.2. The maximum atomic E-state index is 9.28. The Hall–Kier alpha value is -1.35. The van der Waals surface area contributed by atoms with E-state index in [1.54, 1.807) is 0 Å². The minimum absolute atomic E-state index is 0.0650. The highest BCUT2D eigenvalue weighted by atomic mass is 16.3. The topological polar surface area (TPSA) is 46.3 Å². The van der Waals surface area contributed by atoms with Crippen molar-refractivity contribution in [2.24, 2.45) is 17.8 Å². The standard InChI is InChI=1S/C18H21NO2/c20-10-11-1-2-16-15(6-11)19-17(21-16)18-7-12-3-13(8-18)5-14(4-12)9-18/h1-2,6,12-14,20H,3-5,7-10H2. The third kappa shape index (κ3) is 1.73. The maximum Gasteiger partial charge on any atom is 0.201 e. The highest BCUT2D eigenvalue weighted by molar-refractivity contribution is 5.73. The van der Waals surface area contributed by atoms with Crippen molar-refractivity contribution in [3.05, 3.63) is 29.7 Å². The Kier molecular flexibility index (Phi) is 2.38. The summed E-state index contributed by atoms with van der Waals surface area (Å²) in [6.45, 7) is 0.0650. The van der Waals surface area contributed by atoms with Crippen LogP contribution in [0.3, 0.4) is 0 Å². The van der Waals surface area contributed by atoms with Gasteiger partial charge in [-0.05, 0) is 74.0 Å². The van der Waals surface area contributed by atoms with Crippen molar-refractivity contribution in [3.8, 4) is 0 Å². The van der Waals surface area contributed by atoms with Crippen LogP contribution in [0.15, 0.2) is 22.6 Å². The van der Waals surface area contributed by atoms with Crippen molar-refractivity contribution >= 4 is 11.1 Å². The van der Waals surface area contributed by atoms with E-state index in [0.29, 0.717) is 0 Å². The molecule has 1 heterocycles. The van der Waals surface area contributed by atoms with Gasteiger partial charge in [0.05, 0.1) is 6.61 Å². The fourth-order valence-electron chi connectivity index (χ4n) is 5.67. The molecule has 4 aliphatic carbocycles. The molecule has 0 spiro atoms. The number of aliphatic hydroxyl groups is 1. The summed E-state index contributed by atoms with van der Waals surface area (Å²) in [6, 6.07) is 5.84.